The molecule has 1 saturated carbocycles. The van der Waals surface area contributed by atoms with E-state index in [1.54, 1.807) is 16.8 Å². The Kier molecular flexibility index (Phi) is 5.97. The van der Waals surface area contributed by atoms with Crippen LogP contribution in [0.4, 0.5) is 4.39 Å². The number of carbonyl (C=O) groups excluding carboxylic acids is 1. The minimum Gasteiger partial charge on any atom is -0.395 e. The number of halogens is 2. The van der Waals surface area contributed by atoms with Gasteiger partial charge in [-0.1, -0.05) is 37.3 Å². The second kappa shape index (κ2) is 8.19. The van der Waals surface area contributed by atoms with Gasteiger partial charge >= 0.3 is 0 Å². The van der Waals surface area contributed by atoms with Crippen LogP contribution in [0.1, 0.15) is 48.9 Å². The maximum absolute atomic E-state index is 14.4. The first-order chi connectivity index (χ1) is 12.1. The number of benzene rings is 1. The smallest absolute Gasteiger partial charge is 0.253 e. The lowest BCUT2D eigenvalue weighted by Gasteiger charge is -2.14. The molecule has 0 aliphatic heterocycles. The fourth-order valence-electron chi connectivity index (χ4n) is 3.71. The van der Waals surface area contributed by atoms with Crippen LogP contribution in [0, 0.1) is 11.7 Å². The van der Waals surface area contributed by atoms with E-state index in [4.69, 9.17) is 11.6 Å². The highest BCUT2D eigenvalue weighted by molar-refractivity contribution is 6.31. The number of nitrogens with one attached hydrogen (secondary N) is 1. The van der Waals surface area contributed by atoms with Gasteiger partial charge in [0.2, 0.25) is 0 Å². The van der Waals surface area contributed by atoms with Crippen molar-refractivity contribution in [1.82, 2.24) is 9.88 Å². The molecule has 0 bridgehead atoms. The van der Waals surface area contributed by atoms with Gasteiger partial charge in [-0.3, -0.25) is 4.79 Å². The first kappa shape index (κ1) is 18.2. The number of amides is 1. The zero-order chi connectivity index (χ0) is 17.8. The van der Waals surface area contributed by atoms with Crippen molar-refractivity contribution in [3.8, 4) is 0 Å². The largest absolute Gasteiger partial charge is 0.395 e. The molecule has 0 unspecified atom stereocenters. The Labute approximate surface area is 152 Å². The summed E-state index contributed by atoms with van der Waals surface area (Å²) in [7, 11) is 0. The van der Waals surface area contributed by atoms with Gasteiger partial charge in [-0.2, -0.15) is 0 Å². The number of aliphatic hydroxyl groups is 1. The predicted molar refractivity (Wildman–Crippen MR) is 97.5 cm³/mol. The molecule has 1 heterocycles. The highest BCUT2D eigenvalue weighted by Crippen LogP contribution is 2.28. The van der Waals surface area contributed by atoms with E-state index in [1.165, 1.54) is 31.7 Å². The standard InChI is InChI=1S/C19H24ClFN2O2/c20-14-9-16(21)18-15(12-23(7-8-24)17(18)10-14)19(25)22-11-13-5-3-1-2-4-6-13/h9-10,12-13,24H,1-8,11H2,(H,22,25). The maximum atomic E-state index is 14.4. The second-order valence-electron chi connectivity index (χ2n) is 6.81. The van der Waals surface area contributed by atoms with Crippen molar-refractivity contribution in [3.63, 3.8) is 0 Å². The van der Waals surface area contributed by atoms with Crippen molar-refractivity contribution in [2.24, 2.45) is 5.92 Å². The van der Waals surface area contributed by atoms with Crippen LogP contribution in [0.5, 0.6) is 0 Å². The fraction of sp³-hybridized carbons (Fsp3) is 0.526. The highest BCUT2D eigenvalue weighted by atomic mass is 35.5. The van der Waals surface area contributed by atoms with Gasteiger partial charge in [0.15, 0.2) is 0 Å². The van der Waals surface area contributed by atoms with Gasteiger partial charge in [-0.15, -0.1) is 0 Å². The molecule has 3 rings (SSSR count). The summed E-state index contributed by atoms with van der Waals surface area (Å²) in [5, 5.41) is 12.7. The zero-order valence-corrected chi connectivity index (χ0v) is 15.0. The van der Waals surface area contributed by atoms with Crippen molar-refractivity contribution in [3.05, 3.63) is 34.7 Å². The van der Waals surface area contributed by atoms with Gasteiger partial charge < -0.3 is 15.0 Å². The van der Waals surface area contributed by atoms with Crippen LogP contribution in [0.15, 0.2) is 18.3 Å². The number of aromatic nitrogens is 1. The van der Waals surface area contributed by atoms with E-state index in [-0.39, 0.29) is 29.5 Å². The lowest BCUT2D eigenvalue weighted by Crippen LogP contribution is -2.29. The second-order valence-corrected chi connectivity index (χ2v) is 7.25. The summed E-state index contributed by atoms with van der Waals surface area (Å²) in [5.41, 5.74) is 0.824. The van der Waals surface area contributed by atoms with Crippen LogP contribution < -0.4 is 5.32 Å². The number of carbonyl (C=O) groups is 1. The normalized spacial score (nSPS) is 16.1. The Balaban J connectivity index is 1.83. The summed E-state index contributed by atoms with van der Waals surface area (Å²) < 4.78 is 16.1. The molecule has 0 radical (unpaired) electrons. The van der Waals surface area contributed by atoms with Crippen molar-refractivity contribution in [2.75, 3.05) is 13.2 Å². The molecule has 2 aromatic rings. The molecule has 0 atom stereocenters. The summed E-state index contributed by atoms with van der Waals surface area (Å²) in [6.07, 6.45) is 8.83. The number of hydrogen-bond acceptors (Lipinski definition) is 2. The Bertz CT molecular complexity index is 751. The molecule has 1 aliphatic carbocycles. The molecule has 1 amide bonds. The Morgan fingerprint density at radius 1 is 1.28 bits per heavy atom. The van der Waals surface area contributed by atoms with Crippen molar-refractivity contribution in [1.29, 1.82) is 0 Å². The van der Waals surface area contributed by atoms with Crippen LogP contribution in [-0.4, -0.2) is 28.7 Å². The minimum absolute atomic E-state index is 0.0962. The maximum Gasteiger partial charge on any atom is 0.253 e. The Hall–Kier alpha value is -1.59. The summed E-state index contributed by atoms with van der Waals surface area (Å²) in [4.78, 5) is 12.7. The molecule has 1 aromatic heterocycles. The third kappa shape index (κ3) is 4.15. The number of aliphatic hydroxyl groups excluding tert-OH is 1. The van der Waals surface area contributed by atoms with Crippen molar-refractivity contribution in [2.45, 2.75) is 45.1 Å². The van der Waals surface area contributed by atoms with E-state index >= 15 is 0 Å². The summed E-state index contributed by atoms with van der Waals surface area (Å²) >= 11 is 5.95. The quantitative estimate of drug-likeness (QED) is 0.782. The van der Waals surface area contributed by atoms with E-state index in [2.05, 4.69) is 5.32 Å². The predicted octanol–water partition coefficient (Wildman–Crippen LogP) is 4.13. The molecule has 25 heavy (non-hydrogen) atoms. The van der Waals surface area contributed by atoms with E-state index in [9.17, 15) is 14.3 Å². The number of hydrogen-bond donors (Lipinski definition) is 2. The van der Waals surface area contributed by atoms with Gasteiger partial charge in [-0.05, 0) is 30.9 Å². The average Bonchev–Trinajstić information content (AvgIpc) is 2.77. The van der Waals surface area contributed by atoms with Crippen molar-refractivity contribution >= 4 is 28.4 Å². The van der Waals surface area contributed by atoms with Gasteiger partial charge in [0.05, 0.1) is 17.7 Å². The molecule has 1 aromatic carbocycles. The van der Waals surface area contributed by atoms with E-state index in [1.807, 2.05) is 0 Å². The Morgan fingerprint density at radius 2 is 2.00 bits per heavy atom. The lowest BCUT2D eigenvalue weighted by atomic mass is 10.0. The topological polar surface area (TPSA) is 54.3 Å². The molecule has 0 spiro atoms. The highest BCUT2D eigenvalue weighted by Gasteiger charge is 2.20. The SMILES string of the molecule is O=C(NCC1CCCCCC1)c1cn(CCO)c2cc(Cl)cc(F)c12. The zero-order valence-electron chi connectivity index (χ0n) is 14.2. The molecule has 6 heteroatoms. The third-order valence-corrected chi connectivity index (χ3v) is 5.23. The van der Waals surface area contributed by atoms with Crippen LogP contribution in [0.2, 0.25) is 5.02 Å². The molecule has 136 valence electrons. The number of rotatable bonds is 5. The minimum atomic E-state index is -0.515. The summed E-state index contributed by atoms with van der Waals surface area (Å²) in [6.45, 7) is 0.813. The number of fused-ring (bicyclic) bond motifs is 1. The summed E-state index contributed by atoms with van der Waals surface area (Å²) in [6, 6.07) is 2.84. The molecule has 1 aliphatic rings. The van der Waals surface area contributed by atoms with E-state index < -0.39 is 5.82 Å². The lowest BCUT2D eigenvalue weighted by molar-refractivity contribution is 0.0947. The van der Waals surface area contributed by atoms with Gasteiger partial charge in [-0.25, -0.2) is 4.39 Å². The van der Waals surface area contributed by atoms with Crippen LogP contribution in [0.25, 0.3) is 10.9 Å². The Morgan fingerprint density at radius 3 is 2.68 bits per heavy atom. The van der Waals surface area contributed by atoms with Crippen molar-refractivity contribution < 1.29 is 14.3 Å². The fourth-order valence-corrected chi connectivity index (χ4v) is 3.91. The van der Waals surface area contributed by atoms with E-state index in [0.717, 1.165) is 12.8 Å². The van der Waals surface area contributed by atoms with Gasteiger partial charge in [0, 0.05) is 29.7 Å². The van der Waals surface area contributed by atoms with E-state index in [0.29, 0.717) is 23.5 Å². The molecular formula is C19H24ClFN2O2. The molecule has 0 saturated heterocycles. The van der Waals surface area contributed by atoms with Gasteiger partial charge in [0.25, 0.3) is 5.91 Å². The van der Waals surface area contributed by atoms with Gasteiger partial charge in [0.1, 0.15) is 5.82 Å². The number of nitrogens with zero attached hydrogens (tertiary/aromatic N) is 1. The first-order valence-electron chi connectivity index (χ1n) is 8.97. The van der Waals surface area contributed by atoms with Crippen LogP contribution in [0.3, 0.4) is 0 Å². The monoisotopic (exact) mass is 366 g/mol. The van der Waals surface area contributed by atoms with Crippen LogP contribution >= 0.6 is 11.6 Å². The third-order valence-electron chi connectivity index (χ3n) is 5.01. The molecule has 4 nitrogen and oxygen atoms in total. The average molecular weight is 367 g/mol. The first-order valence-corrected chi connectivity index (χ1v) is 9.35. The molecule has 1 fully saturated rings. The summed E-state index contributed by atoms with van der Waals surface area (Å²) in [5.74, 6) is -0.289. The van der Waals surface area contributed by atoms with Crippen LogP contribution in [-0.2, 0) is 6.54 Å². The molecular weight excluding hydrogens is 343 g/mol. The molecule has 2 N–H and O–H groups in total.